The summed E-state index contributed by atoms with van der Waals surface area (Å²) in [5.74, 6) is 1.85. The molecule has 28 heavy (non-hydrogen) atoms. The van der Waals surface area contributed by atoms with E-state index >= 15 is 0 Å². The molecule has 148 valence electrons. The molecule has 0 bridgehead atoms. The number of thioether (sulfide) groups is 2. The third-order valence-electron chi connectivity index (χ3n) is 4.19. The topological polar surface area (TPSA) is 34.4 Å². The van der Waals surface area contributed by atoms with Gasteiger partial charge in [-0.1, -0.05) is 29.0 Å². The zero-order valence-electron chi connectivity index (χ0n) is 16.0. The highest BCUT2D eigenvalue weighted by molar-refractivity contribution is 7.99. The van der Waals surface area contributed by atoms with Crippen molar-refractivity contribution >= 4 is 62.6 Å². The summed E-state index contributed by atoms with van der Waals surface area (Å²) in [5.41, 5.74) is 2.39. The molecule has 1 aromatic heterocycles. The van der Waals surface area contributed by atoms with Crippen LogP contribution in [0.15, 0.2) is 52.4 Å². The van der Waals surface area contributed by atoms with Crippen molar-refractivity contribution in [1.82, 2.24) is 4.57 Å². The number of carbonyl (C=O) groups excluding carboxylic acids is 1. The Morgan fingerprint density at radius 3 is 2.71 bits per heavy atom. The molecule has 0 saturated carbocycles. The fourth-order valence-electron chi connectivity index (χ4n) is 2.77. The quantitative estimate of drug-likeness (QED) is 0.310. The SMILES string of the molecule is CSCCn1c(=NC(=O)CCCSc2ccc(Cl)cc2)sc2cc(C)ccc21. The van der Waals surface area contributed by atoms with Gasteiger partial charge in [0.15, 0.2) is 4.80 Å². The number of benzene rings is 2. The van der Waals surface area contributed by atoms with Gasteiger partial charge in [0.2, 0.25) is 5.91 Å². The lowest BCUT2D eigenvalue weighted by Gasteiger charge is -2.04. The molecule has 0 atom stereocenters. The molecular weight excluding hydrogens is 428 g/mol. The Balaban J connectivity index is 1.66. The summed E-state index contributed by atoms with van der Waals surface area (Å²) in [6.45, 7) is 2.95. The predicted octanol–water partition coefficient (Wildman–Crippen LogP) is 6.03. The summed E-state index contributed by atoms with van der Waals surface area (Å²) >= 11 is 11.0. The van der Waals surface area contributed by atoms with Crippen LogP contribution in [0.3, 0.4) is 0 Å². The first-order valence-electron chi connectivity index (χ1n) is 9.11. The molecule has 0 unspecified atom stereocenters. The van der Waals surface area contributed by atoms with Gasteiger partial charge in [-0.15, -0.1) is 11.8 Å². The van der Waals surface area contributed by atoms with Crippen LogP contribution in [0, 0.1) is 6.92 Å². The van der Waals surface area contributed by atoms with Crippen LogP contribution in [-0.2, 0) is 11.3 Å². The predicted molar refractivity (Wildman–Crippen MR) is 125 cm³/mol. The average molecular weight is 451 g/mol. The summed E-state index contributed by atoms with van der Waals surface area (Å²) in [4.78, 5) is 18.9. The fraction of sp³-hybridized carbons (Fsp3) is 0.333. The number of halogens is 1. The molecule has 0 N–H and O–H groups in total. The second-order valence-corrected chi connectivity index (χ2v) is 10.0. The number of rotatable bonds is 8. The van der Waals surface area contributed by atoms with Crippen LogP contribution >= 0.6 is 46.5 Å². The van der Waals surface area contributed by atoms with Crippen LogP contribution < -0.4 is 4.80 Å². The summed E-state index contributed by atoms with van der Waals surface area (Å²) < 4.78 is 3.36. The van der Waals surface area contributed by atoms with Gasteiger partial charge < -0.3 is 4.57 Å². The zero-order chi connectivity index (χ0) is 19.9. The highest BCUT2D eigenvalue weighted by Crippen LogP contribution is 2.22. The van der Waals surface area contributed by atoms with Crippen molar-refractivity contribution in [2.75, 3.05) is 17.8 Å². The molecule has 0 spiro atoms. The number of nitrogens with zero attached hydrogens (tertiary/aromatic N) is 2. The van der Waals surface area contributed by atoms with Crippen LogP contribution in [0.2, 0.25) is 5.02 Å². The first kappa shape index (κ1) is 21.5. The zero-order valence-corrected chi connectivity index (χ0v) is 19.2. The van der Waals surface area contributed by atoms with E-state index in [9.17, 15) is 4.79 Å². The normalized spacial score (nSPS) is 12.0. The minimum atomic E-state index is -0.0436. The molecule has 0 aliphatic carbocycles. The molecule has 1 heterocycles. The molecule has 3 nitrogen and oxygen atoms in total. The monoisotopic (exact) mass is 450 g/mol. The lowest BCUT2D eigenvalue weighted by Crippen LogP contribution is -2.18. The number of thiazole rings is 1. The molecule has 3 rings (SSSR count). The van der Waals surface area contributed by atoms with Crippen molar-refractivity contribution in [3.8, 4) is 0 Å². The van der Waals surface area contributed by atoms with Crippen LogP contribution in [0.25, 0.3) is 10.2 Å². The van der Waals surface area contributed by atoms with Crippen molar-refractivity contribution in [3.63, 3.8) is 0 Å². The van der Waals surface area contributed by atoms with Gasteiger partial charge in [0.25, 0.3) is 0 Å². The molecule has 2 aromatic carbocycles. The van der Waals surface area contributed by atoms with Crippen LogP contribution in [-0.4, -0.2) is 28.2 Å². The Morgan fingerprint density at radius 1 is 1.18 bits per heavy atom. The second kappa shape index (κ2) is 10.5. The highest BCUT2D eigenvalue weighted by Gasteiger charge is 2.08. The molecule has 0 fully saturated rings. The molecule has 3 aromatic rings. The first-order valence-corrected chi connectivity index (χ1v) is 12.7. The summed E-state index contributed by atoms with van der Waals surface area (Å²) in [6, 6.07) is 14.2. The Kier molecular flexibility index (Phi) is 8.09. The largest absolute Gasteiger partial charge is 0.316 e. The fourth-order valence-corrected chi connectivity index (χ4v) is 5.29. The van der Waals surface area contributed by atoms with Gasteiger partial charge in [-0.25, -0.2) is 0 Å². The van der Waals surface area contributed by atoms with E-state index in [1.807, 2.05) is 24.3 Å². The van der Waals surface area contributed by atoms with Crippen molar-refractivity contribution in [3.05, 3.63) is 57.9 Å². The number of hydrogen-bond acceptors (Lipinski definition) is 4. The van der Waals surface area contributed by atoms with Crippen molar-refractivity contribution in [1.29, 1.82) is 0 Å². The number of carbonyl (C=O) groups is 1. The number of hydrogen-bond donors (Lipinski definition) is 0. The summed E-state index contributed by atoms with van der Waals surface area (Å²) in [7, 11) is 0. The summed E-state index contributed by atoms with van der Waals surface area (Å²) in [6.07, 6.45) is 3.38. The molecular formula is C21H23ClN2OS3. The smallest absolute Gasteiger partial charge is 0.248 e. The van der Waals surface area contributed by atoms with E-state index in [1.165, 1.54) is 15.2 Å². The van der Waals surface area contributed by atoms with Gasteiger partial charge in [-0.2, -0.15) is 16.8 Å². The third-order valence-corrected chi connectivity index (χ3v) is 7.18. The lowest BCUT2D eigenvalue weighted by molar-refractivity contribution is -0.118. The maximum atomic E-state index is 12.4. The van der Waals surface area contributed by atoms with Gasteiger partial charge in [-0.05, 0) is 67.3 Å². The van der Waals surface area contributed by atoms with E-state index in [0.29, 0.717) is 6.42 Å². The molecule has 1 amide bonds. The van der Waals surface area contributed by atoms with Gasteiger partial charge >= 0.3 is 0 Å². The minimum absolute atomic E-state index is 0.0436. The van der Waals surface area contributed by atoms with Gasteiger partial charge in [0.05, 0.1) is 10.2 Å². The van der Waals surface area contributed by atoms with Gasteiger partial charge in [0, 0.05) is 28.6 Å². The lowest BCUT2D eigenvalue weighted by atomic mass is 10.2. The van der Waals surface area contributed by atoms with Crippen LogP contribution in [0.4, 0.5) is 0 Å². The van der Waals surface area contributed by atoms with E-state index in [1.54, 1.807) is 34.9 Å². The van der Waals surface area contributed by atoms with Crippen LogP contribution in [0.1, 0.15) is 18.4 Å². The number of aryl methyl sites for hydroxylation is 2. The number of aromatic nitrogens is 1. The number of amides is 1. The molecule has 0 aliphatic rings. The van der Waals surface area contributed by atoms with Gasteiger partial charge in [-0.3, -0.25) is 4.79 Å². The van der Waals surface area contributed by atoms with Gasteiger partial charge in [0.1, 0.15) is 0 Å². The second-order valence-electron chi connectivity index (χ2n) is 6.41. The van der Waals surface area contributed by atoms with Crippen molar-refractivity contribution < 1.29 is 4.79 Å². The molecule has 0 radical (unpaired) electrons. The van der Waals surface area contributed by atoms with E-state index in [-0.39, 0.29) is 5.91 Å². The van der Waals surface area contributed by atoms with Crippen molar-refractivity contribution in [2.24, 2.45) is 4.99 Å². The maximum absolute atomic E-state index is 12.4. The molecule has 0 saturated heterocycles. The summed E-state index contributed by atoms with van der Waals surface area (Å²) in [5, 5.41) is 0.742. The third kappa shape index (κ3) is 5.89. The Labute approximate surface area is 183 Å². The highest BCUT2D eigenvalue weighted by atomic mass is 35.5. The van der Waals surface area contributed by atoms with E-state index < -0.39 is 0 Å². The maximum Gasteiger partial charge on any atom is 0.248 e. The van der Waals surface area contributed by atoms with E-state index in [2.05, 4.69) is 40.9 Å². The Bertz CT molecular complexity index is 1010. The minimum Gasteiger partial charge on any atom is -0.316 e. The Hall–Kier alpha value is -1.21. The standard InChI is InChI=1S/C21H23ClN2OS3/c1-15-5-10-18-19(14-15)28-21(24(18)11-13-26-2)23-20(25)4-3-12-27-17-8-6-16(22)7-9-17/h5-10,14H,3-4,11-13H2,1-2H3. The van der Waals surface area contributed by atoms with Crippen molar-refractivity contribution in [2.45, 2.75) is 31.2 Å². The molecule has 7 heteroatoms. The first-order chi connectivity index (χ1) is 13.6. The van der Waals surface area contributed by atoms with E-state index in [4.69, 9.17) is 11.6 Å². The average Bonchev–Trinajstić information content (AvgIpc) is 3.00. The van der Waals surface area contributed by atoms with E-state index in [0.717, 1.165) is 39.8 Å². The molecule has 0 aliphatic heterocycles. The van der Waals surface area contributed by atoms with Crippen LogP contribution in [0.5, 0.6) is 0 Å². The number of fused-ring (bicyclic) bond motifs is 1. The Morgan fingerprint density at radius 2 is 1.96 bits per heavy atom.